The Kier molecular flexibility index (Phi) is 7.42. The molecule has 6 heteroatoms. The summed E-state index contributed by atoms with van der Waals surface area (Å²) in [5.74, 6) is 0.887. The molecule has 1 aliphatic rings. The molecule has 0 saturated carbocycles. The van der Waals surface area contributed by atoms with E-state index in [-0.39, 0.29) is 17.3 Å². The molecule has 1 atom stereocenters. The van der Waals surface area contributed by atoms with Crippen LogP contribution in [0.2, 0.25) is 0 Å². The second kappa shape index (κ2) is 9.86. The molecule has 1 aliphatic carbocycles. The lowest BCUT2D eigenvalue weighted by atomic mass is 9.72. The van der Waals surface area contributed by atoms with E-state index in [2.05, 4.69) is 26.1 Å². The Morgan fingerprint density at radius 1 is 1.19 bits per heavy atom. The third-order valence-corrected chi connectivity index (χ3v) is 7.14. The zero-order valence-corrected chi connectivity index (χ0v) is 20.0. The van der Waals surface area contributed by atoms with Gasteiger partial charge in [-0.05, 0) is 61.6 Å². The lowest BCUT2D eigenvalue weighted by Gasteiger charge is -2.33. The summed E-state index contributed by atoms with van der Waals surface area (Å²) in [4.78, 5) is 26.2. The van der Waals surface area contributed by atoms with Crippen molar-refractivity contribution in [2.75, 3.05) is 19.0 Å². The molecule has 0 bridgehead atoms. The second-order valence-electron chi connectivity index (χ2n) is 9.32. The number of ether oxygens (including phenoxy) is 2. The van der Waals surface area contributed by atoms with Crippen molar-refractivity contribution in [1.82, 2.24) is 0 Å². The Labute approximate surface area is 189 Å². The number of nitrogens with one attached hydrogen (secondary N) is 1. The van der Waals surface area contributed by atoms with Crippen LogP contribution in [0.25, 0.3) is 0 Å². The van der Waals surface area contributed by atoms with Crippen LogP contribution in [-0.2, 0) is 22.4 Å². The number of fused-ring (bicyclic) bond motifs is 1. The van der Waals surface area contributed by atoms with Gasteiger partial charge in [-0.1, -0.05) is 38.5 Å². The van der Waals surface area contributed by atoms with Crippen molar-refractivity contribution >= 4 is 28.2 Å². The van der Waals surface area contributed by atoms with E-state index in [0.29, 0.717) is 35.9 Å². The summed E-state index contributed by atoms with van der Waals surface area (Å²) in [6.07, 6.45) is 3.76. The number of esters is 1. The largest absolute Gasteiger partial charge is 0.494 e. The average Bonchev–Trinajstić information content (AvgIpc) is 3.08. The number of aryl methyl sites for hydroxylation is 1. The van der Waals surface area contributed by atoms with Gasteiger partial charge in [0.1, 0.15) is 10.8 Å². The Bertz CT molecular complexity index is 924. The highest BCUT2D eigenvalue weighted by molar-refractivity contribution is 7.17. The van der Waals surface area contributed by atoms with E-state index < -0.39 is 0 Å². The van der Waals surface area contributed by atoms with E-state index in [1.165, 1.54) is 28.9 Å². The van der Waals surface area contributed by atoms with Gasteiger partial charge in [0.15, 0.2) is 0 Å². The number of carbonyl (C=O) groups excluding carboxylic acids is 2. The minimum Gasteiger partial charge on any atom is -0.494 e. The van der Waals surface area contributed by atoms with Gasteiger partial charge in [0.2, 0.25) is 5.91 Å². The lowest BCUT2D eigenvalue weighted by Crippen LogP contribution is -2.26. The number of hydrogen-bond donors (Lipinski definition) is 1. The van der Waals surface area contributed by atoms with Gasteiger partial charge in [-0.3, -0.25) is 4.79 Å². The molecular formula is C25H33NO4S. The van der Waals surface area contributed by atoms with Crippen molar-refractivity contribution < 1.29 is 19.1 Å². The van der Waals surface area contributed by atoms with Crippen molar-refractivity contribution in [3.8, 4) is 5.75 Å². The Balaban J connectivity index is 1.62. The fraction of sp³-hybridized carbons (Fsp3) is 0.520. The maximum absolute atomic E-state index is 12.6. The first kappa shape index (κ1) is 23.3. The molecule has 1 unspecified atom stereocenters. The molecule has 0 radical (unpaired) electrons. The first-order valence-electron chi connectivity index (χ1n) is 10.9. The fourth-order valence-corrected chi connectivity index (χ4v) is 5.31. The average molecular weight is 444 g/mol. The van der Waals surface area contributed by atoms with Crippen LogP contribution < -0.4 is 10.1 Å². The van der Waals surface area contributed by atoms with Crippen molar-refractivity contribution in [1.29, 1.82) is 0 Å². The summed E-state index contributed by atoms with van der Waals surface area (Å²) in [5.41, 5.74) is 2.99. The van der Waals surface area contributed by atoms with Crippen molar-refractivity contribution in [2.24, 2.45) is 11.3 Å². The van der Waals surface area contributed by atoms with Crippen molar-refractivity contribution in [3.05, 3.63) is 45.8 Å². The van der Waals surface area contributed by atoms with Gasteiger partial charge < -0.3 is 14.8 Å². The van der Waals surface area contributed by atoms with E-state index in [9.17, 15) is 9.59 Å². The normalized spacial score (nSPS) is 15.8. The quantitative estimate of drug-likeness (QED) is 0.434. The summed E-state index contributed by atoms with van der Waals surface area (Å²) < 4.78 is 10.7. The molecule has 31 heavy (non-hydrogen) atoms. The zero-order chi connectivity index (χ0) is 22.6. The molecule has 1 N–H and O–H groups in total. The minimum absolute atomic E-state index is 0.108. The highest BCUT2D eigenvalue weighted by Crippen LogP contribution is 2.44. The van der Waals surface area contributed by atoms with Crippen LogP contribution in [0.3, 0.4) is 0 Å². The summed E-state index contributed by atoms with van der Waals surface area (Å²) in [7, 11) is 1.39. The molecule has 1 heterocycles. The van der Waals surface area contributed by atoms with E-state index in [1.54, 1.807) is 0 Å². The third kappa shape index (κ3) is 5.88. The third-order valence-electron chi connectivity index (χ3n) is 5.97. The summed E-state index contributed by atoms with van der Waals surface area (Å²) in [6.45, 7) is 9.29. The Morgan fingerprint density at radius 3 is 2.55 bits per heavy atom. The Hall–Kier alpha value is -2.34. The number of rotatable bonds is 7. The van der Waals surface area contributed by atoms with Gasteiger partial charge in [-0.25, -0.2) is 4.79 Å². The van der Waals surface area contributed by atoms with E-state index in [4.69, 9.17) is 9.47 Å². The molecule has 1 amide bonds. The van der Waals surface area contributed by atoms with Crippen LogP contribution in [0.4, 0.5) is 5.00 Å². The topological polar surface area (TPSA) is 64.6 Å². The van der Waals surface area contributed by atoms with Crippen LogP contribution in [-0.4, -0.2) is 25.6 Å². The van der Waals surface area contributed by atoms with E-state index >= 15 is 0 Å². The van der Waals surface area contributed by atoms with Crippen molar-refractivity contribution in [3.63, 3.8) is 0 Å². The molecule has 2 aromatic rings. The van der Waals surface area contributed by atoms with Gasteiger partial charge in [0.25, 0.3) is 0 Å². The molecule has 1 aromatic heterocycles. The molecule has 3 rings (SSSR count). The maximum Gasteiger partial charge on any atom is 0.341 e. The number of anilines is 1. The molecule has 0 aliphatic heterocycles. The minimum atomic E-state index is -0.371. The number of hydrogen-bond acceptors (Lipinski definition) is 5. The molecule has 0 fully saturated rings. The fourth-order valence-electron chi connectivity index (χ4n) is 3.98. The van der Waals surface area contributed by atoms with Crippen molar-refractivity contribution in [2.45, 2.75) is 59.8 Å². The maximum atomic E-state index is 12.6. The molecule has 168 valence electrons. The Morgan fingerprint density at radius 2 is 1.90 bits per heavy atom. The van der Waals surface area contributed by atoms with Gasteiger partial charge in [-0.15, -0.1) is 11.3 Å². The summed E-state index contributed by atoms with van der Waals surface area (Å²) >= 11 is 1.53. The van der Waals surface area contributed by atoms with Crippen LogP contribution >= 0.6 is 11.3 Å². The number of methoxy groups -OCH3 is 1. The number of benzene rings is 1. The number of thiophene rings is 1. The highest BCUT2D eigenvalue weighted by atomic mass is 32.1. The molecule has 0 spiro atoms. The monoisotopic (exact) mass is 443 g/mol. The smallest absolute Gasteiger partial charge is 0.341 e. The molecule has 1 aromatic carbocycles. The molecular weight excluding hydrogens is 410 g/mol. The van der Waals surface area contributed by atoms with Crippen LogP contribution in [0.5, 0.6) is 5.75 Å². The SMILES string of the molecule is COC(=O)c1c(NC(=O)CCCOc2ccc(C)cc2)sc2c1CCC(C(C)(C)C)C2. The zero-order valence-electron chi connectivity index (χ0n) is 19.2. The predicted molar refractivity (Wildman–Crippen MR) is 125 cm³/mol. The standard InChI is InChI=1S/C25H33NO4S/c1-16-8-11-18(12-9-16)30-14-6-7-21(27)26-23-22(24(28)29-5)19-13-10-17(25(2,3)4)15-20(19)31-23/h8-9,11-12,17H,6-7,10,13-15H2,1-5H3,(H,26,27). The van der Waals surface area contributed by atoms with Gasteiger partial charge in [0.05, 0.1) is 19.3 Å². The van der Waals surface area contributed by atoms with Gasteiger partial charge in [0, 0.05) is 11.3 Å². The first-order valence-corrected chi connectivity index (χ1v) is 11.7. The number of amides is 1. The summed E-state index contributed by atoms with van der Waals surface area (Å²) in [5, 5.41) is 3.59. The van der Waals surface area contributed by atoms with E-state index in [1.807, 2.05) is 31.2 Å². The second-order valence-corrected chi connectivity index (χ2v) is 10.4. The van der Waals surface area contributed by atoms with Crippen LogP contribution in [0.1, 0.15) is 66.4 Å². The van der Waals surface area contributed by atoms with Crippen LogP contribution in [0.15, 0.2) is 24.3 Å². The molecule has 0 saturated heterocycles. The molecule has 5 nitrogen and oxygen atoms in total. The van der Waals surface area contributed by atoms with E-state index in [0.717, 1.165) is 30.6 Å². The van der Waals surface area contributed by atoms with Gasteiger partial charge >= 0.3 is 5.97 Å². The number of carbonyl (C=O) groups is 2. The lowest BCUT2D eigenvalue weighted by molar-refractivity contribution is -0.116. The van der Waals surface area contributed by atoms with Crippen LogP contribution in [0, 0.1) is 18.3 Å². The first-order chi connectivity index (χ1) is 14.7. The predicted octanol–water partition coefficient (Wildman–Crippen LogP) is 5.79. The highest BCUT2D eigenvalue weighted by Gasteiger charge is 2.34. The summed E-state index contributed by atoms with van der Waals surface area (Å²) in [6, 6.07) is 7.86. The van der Waals surface area contributed by atoms with Gasteiger partial charge in [-0.2, -0.15) is 0 Å².